The van der Waals surface area contributed by atoms with Crippen molar-refractivity contribution in [3.05, 3.63) is 11.6 Å². The highest BCUT2D eigenvalue weighted by Gasteiger charge is 2.29. The lowest BCUT2D eigenvalue weighted by Gasteiger charge is -2.27. The van der Waals surface area contributed by atoms with Gasteiger partial charge in [-0.15, -0.1) is 0 Å². The Labute approximate surface area is 98.0 Å². The summed E-state index contributed by atoms with van der Waals surface area (Å²) < 4.78 is 10.5. The van der Waals surface area contributed by atoms with E-state index in [1.807, 2.05) is 6.08 Å². The van der Waals surface area contributed by atoms with Gasteiger partial charge in [0.15, 0.2) is 0 Å². The topological polar surface area (TPSA) is 42.2 Å². The summed E-state index contributed by atoms with van der Waals surface area (Å²) in [5.74, 6) is -0.389. The maximum atomic E-state index is 9.18. The zero-order chi connectivity index (χ0) is 12.0. The predicted molar refractivity (Wildman–Crippen MR) is 62.7 cm³/mol. The second-order valence-corrected chi connectivity index (χ2v) is 4.44. The van der Waals surface area contributed by atoms with Crippen LogP contribution in [0.1, 0.15) is 39.0 Å². The molecule has 0 spiro atoms. The van der Waals surface area contributed by atoms with Crippen LogP contribution in [0.15, 0.2) is 11.6 Å². The van der Waals surface area contributed by atoms with Gasteiger partial charge in [-0.25, -0.2) is 0 Å². The summed E-state index contributed by atoms with van der Waals surface area (Å²) in [6.45, 7) is 1.78. The number of methoxy groups -OCH3 is 2. The van der Waals surface area contributed by atoms with Gasteiger partial charge in [-0.1, -0.05) is 25.3 Å². The molecule has 90 valence electrons. The third-order valence-corrected chi connectivity index (χ3v) is 3.44. The summed E-state index contributed by atoms with van der Waals surface area (Å²) in [5, 5.41) is 9.18. The molecule has 0 aromatic carbocycles. The van der Waals surface area contributed by atoms with Crippen molar-refractivity contribution in [3.63, 3.8) is 0 Å². The van der Waals surface area contributed by atoms with Crippen LogP contribution in [0.4, 0.5) is 0 Å². The molecule has 1 aliphatic carbocycles. The highest BCUT2D eigenvalue weighted by Crippen LogP contribution is 2.29. The van der Waals surface area contributed by atoms with Crippen LogP contribution in [-0.4, -0.2) is 20.0 Å². The van der Waals surface area contributed by atoms with E-state index in [4.69, 9.17) is 9.47 Å². The van der Waals surface area contributed by atoms with Crippen molar-refractivity contribution < 1.29 is 9.47 Å². The summed E-state index contributed by atoms with van der Waals surface area (Å²) in [6.07, 6.45) is 8.22. The largest absolute Gasteiger partial charge is 0.349 e. The molecule has 0 aromatic heterocycles. The van der Waals surface area contributed by atoms with Gasteiger partial charge in [-0.05, 0) is 25.7 Å². The normalized spacial score (nSPS) is 19.5. The molecule has 0 bridgehead atoms. The van der Waals surface area contributed by atoms with Gasteiger partial charge in [0.2, 0.25) is 5.79 Å². The number of nitrogens with zero attached hydrogens (tertiary/aromatic N) is 1. The van der Waals surface area contributed by atoms with Crippen molar-refractivity contribution in [1.29, 1.82) is 5.26 Å². The Bertz CT molecular complexity index is 281. The lowest BCUT2D eigenvalue weighted by molar-refractivity contribution is -0.161. The summed E-state index contributed by atoms with van der Waals surface area (Å²) in [4.78, 5) is 0. The summed E-state index contributed by atoms with van der Waals surface area (Å²) in [5.41, 5.74) is 0.587. The van der Waals surface area contributed by atoms with Crippen LogP contribution in [0.2, 0.25) is 0 Å². The highest BCUT2D eigenvalue weighted by molar-refractivity contribution is 5.29. The van der Waals surface area contributed by atoms with Crippen LogP contribution in [0, 0.1) is 17.2 Å². The van der Waals surface area contributed by atoms with E-state index in [1.54, 1.807) is 21.1 Å². The van der Waals surface area contributed by atoms with E-state index in [-0.39, 0.29) is 0 Å². The first-order chi connectivity index (χ1) is 7.66. The molecular weight excluding hydrogens is 202 g/mol. The summed E-state index contributed by atoms with van der Waals surface area (Å²) >= 11 is 0. The molecule has 1 saturated carbocycles. The van der Waals surface area contributed by atoms with Crippen LogP contribution in [0.3, 0.4) is 0 Å². The molecule has 1 aliphatic rings. The molecule has 0 aliphatic heterocycles. The molecule has 0 atom stereocenters. The smallest absolute Gasteiger partial charge is 0.201 e. The quantitative estimate of drug-likeness (QED) is 0.543. The SMILES string of the molecule is COC(C)(OC)/C(C#N)=C/C1CCCCC1. The van der Waals surface area contributed by atoms with Gasteiger partial charge >= 0.3 is 0 Å². The van der Waals surface area contributed by atoms with Crippen molar-refractivity contribution in [2.45, 2.75) is 44.8 Å². The molecule has 0 heterocycles. The number of allylic oxidation sites excluding steroid dienone is 1. The van der Waals surface area contributed by atoms with Crippen molar-refractivity contribution in [3.8, 4) is 6.07 Å². The number of rotatable bonds is 4. The van der Waals surface area contributed by atoms with Crippen molar-refractivity contribution >= 4 is 0 Å². The fourth-order valence-electron chi connectivity index (χ4n) is 2.13. The Morgan fingerprint density at radius 1 is 1.25 bits per heavy atom. The minimum absolute atomic E-state index is 0.507. The van der Waals surface area contributed by atoms with Gasteiger partial charge in [0.05, 0.1) is 5.57 Å². The van der Waals surface area contributed by atoms with Crippen LogP contribution in [-0.2, 0) is 9.47 Å². The lowest BCUT2D eigenvalue weighted by Crippen LogP contribution is -2.32. The van der Waals surface area contributed by atoms with Gasteiger partial charge < -0.3 is 9.47 Å². The maximum absolute atomic E-state index is 9.18. The van der Waals surface area contributed by atoms with Crippen LogP contribution in [0.25, 0.3) is 0 Å². The Kier molecular flexibility index (Phi) is 4.98. The number of nitriles is 1. The van der Waals surface area contributed by atoms with Crippen LogP contribution < -0.4 is 0 Å². The molecule has 3 heteroatoms. The summed E-state index contributed by atoms with van der Waals surface area (Å²) in [7, 11) is 3.13. The van der Waals surface area contributed by atoms with E-state index < -0.39 is 5.79 Å². The molecule has 1 rings (SSSR count). The fourth-order valence-corrected chi connectivity index (χ4v) is 2.13. The van der Waals surface area contributed by atoms with E-state index in [9.17, 15) is 5.26 Å². The molecule has 0 amide bonds. The number of ether oxygens (including phenoxy) is 2. The van der Waals surface area contributed by atoms with E-state index in [0.717, 1.165) is 0 Å². The molecule has 0 saturated heterocycles. The molecule has 0 aromatic rings. The number of hydrogen-bond acceptors (Lipinski definition) is 3. The first-order valence-electron chi connectivity index (χ1n) is 5.89. The van der Waals surface area contributed by atoms with Gasteiger partial charge in [-0.2, -0.15) is 5.26 Å². The molecule has 0 N–H and O–H groups in total. The molecular formula is C13H21NO2. The highest BCUT2D eigenvalue weighted by atomic mass is 16.7. The fraction of sp³-hybridized carbons (Fsp3) is 0.769. The third kappa shape index (κ3) is 3.07. The predicted octanol–water partition coefficient (Wildman–Crippen LogP) is 3.03. The Hall–Kier alpha value is -0.850. The average Bonchev–Trinajstić information content (AvgIpc) is 2.36. The van der Waals surface area contributed by atoms with Gasteiger partial charge in [0, 0.05) is 14.2 Å². The standard InChI is InChI=1S/C13H21NO2/c1-13(15-2,16-3)12(10-14)9-11-7-5-4-6-8-11/h9,11H,4-8H2,1-3H3/b12-9+. The Morgan fingerprint density at radius 2 is 1.81 bits per heavy atom. The lowest BCUT2D eigenvalue weighted by atomic mass is 9.87. The van der Waals surface area contributed by atoms with Gasteiger partial charge in [0.25, 0.3) is 0 Å². The minimum atomic E-state index is -0.897. The monoisotopic (exact) mass is 223 g/mol. The molecule has 0 radical (unpaired) electrons. The van der Waals surface area contributed by atoms with E-state index in [2.05, 4.69) is 6.07 Å². The summed E-state index contributed by atoms with van der Waals surface area (Å²) in [6, 6.07) is 2.20. The Morgan fingerprint density at radius 3 is 2.25 bits per heavy atom. The second-order valence-electron chi connectivity index (χ2n) is 4.44. The zero-order valence-corrected chi connectivity index (χ0v) is 10.5. The Balaban J connectivity index is 2.79. The van der Waals surface area contributed by atoms with E-state index >= 15 is 0 Å². The van der Waals surface area contributed by atoms with Crippen LogP contribution >= 0.6 is 0 Å². The molecule has 3 nitrogen and oxygen atoms in total. The average molecular weight is 223 g/mol. The first-order valence-corrected chi connectivity index (χ1v) is 5.89. The first kappa shape index (κ1) is 13.2. The third-order valence-electron chi connectivity index (χ3n) is 3.44. The van der Waals surface area contributed by atoms with E-state index in [1.165, 1.54) is 32.1 Å². The van der Waals surface area contributed by atoms with Crippen molar-refractivity contribution in [2.75, 3.05) is 14.2 Å². The zero-order valence-electron chi connectivity index (χ0n) is 10.5. The van der Waals surface area contributed by atoms with Gasteiger partial charge in [-0.3, -0.25) is 0 Å². The van der Waals surface area contributed by atoms with E-state index in [0.29, 0.717) is 11.5 Å². The molecule has 16 heavy (non-hydrogen) atoms. The van der Waals surface area contributed by atoms with Crippen molar-refractivity contribution in [1.82, 2.24) is 0 Å². The number of hydrogen-bond donors (Lipinski definition) is 0. The second kappa shape index (κ2) is 6.03. The van der Waals surface area contributed by atoms with Crippen LogP contribution in [0.5, 0.6) is 0 Å². The maximum Gasteiger partial charge on any atom is 0.201 e. The molecule has 0 unspecified atom stereocenters. The van der Waals surface area contributed by atoms with Crippen molar-refractivity contribution in [2.24, 2.45) is 5.92 Å². The minimum Gasteiger partial charge on any atom is -0.349 e. The van der Waals surface area contributed by atoms with Gasteiger partial charge in [0.1, 0.15) is 6.07 Å². The molecule has 1 fully saturated rings.